The number of fused-ring (bicyclic) bond motifs is 2. The van der Waals surface area contributed by atoms with Crippen LogP contribution in [0.25, 0.3) is 33.3 Å². The summed E-state index contributed by atoms with van der Waals surface area (Å²) >= 11 is 0. The van der Waals surface area contributed by atoms with E-state index in [-0.39, 0.29) is 17.9 Å². The van der Waals surface area contributed by atoms with Crippen LogP contribution in [0.1, 0.15) is 24.4 Å². The Labute approximate surface area is 191 Å². The number of aromatic nitrogens is 2. The molecule has 1 fully saturated rings. The Morgan fingerprint density at radius 2 is 1.82 bits per heavy atom. The molecule has 0 saturated heterocycles. The molecule has 6 rings (SSSR count). The number of amidine groups is 1. The fourth-order valence-electron chi connectivity index (χ4n) is 4.85. The van der Waals surface area contributed by atoms with E-state index in [0.717, 1.165) is 57.5 Å². The van der Waals surface area contributed by atoms with Gasteiger partial charge in [-0.3, -0.25) is 4.79 Å². The third-order valence-corrected chi connectivity index (χ3v) is 6.77. The minimum Gasteiger partial charge on any atom is -0.383 e. The lowest BCUT2D eigenvalue weighted by Gasteiger charge is -2.35. The molecule has 5 N–H and O–H groups in total. The highest BCUT2D eigenvalue weighted by Gasteiger charge is 2.37. The van der Waals surface area contributed by atoms with Gasteiger partial charge in [0.2, 0.25) is 5.91 Å². The lowest BCUT2D eigenvalue weighted by Crippen LogP contribution is -2.37. The summed E-state index contributed by atoms with van der Waals surface area (Å²) in [5.41, 5.74) is 17.7. The van der Waals surface area contributed by atoms with E-state index in [1.807, 2.05) is 18.2 Å². The molecule has 0 radical (unpaired) electrons. The number of benzene rings is 2. The van der Waals surface area contributed by atoms with Crippen LogP contribution in [0.2, 0.25) is 0 Å². The van der Waals surface area contributed by atoms with Crippen molar-refractivity contribution in [2.24, 2.45) is 22.4 Å². The largest absolute Gasteiger partial charge is 0.383 e. The number of nitrogens with one attached hydrogen (secondary N) is 1. The molecule has 0 bridgehead atoms. The number of primary amides is 1. The zero-order chi connectivity index (χ0) is 22.5. The Bertz CT molecular complexity index is 1420. The first-order chi connectivity index (χ1) is 16.1. The first-order valence-electron chi connectivity index (χ1n) is 11.1. The third kappa shape index (κ3) is 3.24. The summed E-state index contributed by atoms with van der Waals surface area (Å²) in [4.78, 5) is 20.9. The molecule has 7 nitrogen and oxygen atoms in total. The number of hydrogen-bond acceptors (Lipinski definition) is 5. The van der Waals surface area contributed by atoms with Gasteiger partial charge in [-0.2, -0.15) is 0 Å². The van der Waals surface area contributed by atoms with E-state index in [1.54, 1.807) is 0 Å². The second-order valence-corrected chi connectivity index (χ2v) is 8.75. The molecule has 1 saturated carbocycles. The molecule has 4 aromatic rings. The lowest BCUT2D eigenvalue weighted by atomic mass is 9.79. The van der Waals surface area contributed by atoms with E-state index in [0.29, 0.717) is 12.5 Å². The SMILES string of the molecule is NC(=O)C1CC(n2cc(-c3ccc4ccc(-c5ccccc5)nc4c3)c3c2NCN=C3N)C1. The summed E-state index contributed by atoms with van der Waals surface area (Å²) in [6, 6.07) is 20.8. The van der Waals surface area contributed by atoms with Crippen LogP contribution in [-0.2, 0) is 4.79 Å². The summed E-state index contributed by atoms with van der Waals surface area (Å²) in [6.45, 7) is 0.438. The van der Waals surface area contributed by atoms with E-state index in [4.69, 9.17) is 16.5 Å². The van der Waals surface area contributed by atoms with Crippen molar-refractivity contribution in [3.63, 3.8) is 0 Å². The molecule has 0 unspecified atom stereocenters. The zero-order valence-electron chi connectivity index (χ0n) is 18.0. The number of nitrogens with two attached hydrogens (primary N) is 2. The number of hydrogen-bond donors (Lipinski definition) is 3. The fraction of sp³-hybridized carbons (Fsp3) is 0.192. The van der Waals surface area contributed by atoms with Crippen LogP contribution in [0.15, 0.2) is 71.9 Å². The number of carbonyl (C=O) groups is 1. The average Bonchev–Trinajstić information content (AvgIpc) is 3.18. The number of amides is 1. The van der Waals surface area contributed by atoms with E-state index in [1.165, 1.54) is 0 Å². The normalized spacial score (nSPS) is 19.3. The monoisotopic (exact) mass is 436 g/mol. The third-order valence-electron chi connectivity index (χ3n) is 6.77. The Morgan fingerprint density at radius 3 is 2.61 bits per heavy atom. The molecule has 1 aliphatic carbocycles. The molecule has 0 atom stereocenters. The van der Waals surface area contributed by atoms with Crippen molar-refractivity contribution in [3.05, 3.63) is 72.4 Å². The highest BCUT2D eigenvalue weighted by atomic mass is 16.1. The highest BCUT2D eigenvalue weighted by Crippen LogP contribution is 2.44. The Hall–Kier alpha value is -4.13. The quantitative estimate of drug-likeness (QED) is 0.450. The van der Waals surface area contributed by atoms with Gasteiger partial charge in [0.15, 0.2) is 0 Å². The van der Waals surface area contributed by atoms with Gasteiger partial charge in [0, 0.05) is 34.7 Å². The molecule has 1 amide bonds. The fourth-order valence-corrected chi connectivity index (χ4v) is 4.85. The van der Waals surface area contributed by atoms with E-state index < -0.39 is 0 Å². The summed E-state index contributed by atoms with van der Waals surface area (Å²) in [6.07, 6.45) is 3.61. The standard InChI is InChI=1S/C26H24N6O/c27-24-23-20(13-32(26(23)30-14-29-24)19-10-18(11-19)25(28)33)17-7-6-16-8-9-21(31-22(16)12-17)15-4-2-1-3-5-15/h1-9,12-13,18-19,30H,10-11,14H2,(H2,27,29)(H2,28,33). The van der Waals surface area contributed by atoms with Gasteiger partial charge in [0.05, 0.1) is 16.8 Å². The maximum Gasteiger partial charge on any atom is 0.220 e. The van der Waals surface area contributed by atoms with Crippen LogP contribution in [0.3, 0.4) is 0 Å². The molecule has 164 valence electrons. The average molecular weight is 437 g/mol. The van der Waals surface area contributed by atoms with E-state index in [9.17, 15) is 4.79 Å². The Balaban J connectivity index is 1.44. The van der Waals surface area contributed by atoms with Crippen LogP contribution < -0.4 is 16.8 Å². The van der Waals surface area contributed by atoms with E-state index in [2.05, 4.69) is 63.5 Å². The van der Waals surface area contributed by atoms with Crippen LogP contribution in [-0.4, -0.2) is 28.0 Å². The van der Waals surface area contributed by atoms with Crippen LogP contribution in [0, 0.1) is 5.92 Å². The molecule has 3 heterocycles. The number of nitrogens with zero attached hydrogens (tertiary/aromatic N) is 3. The predicted molar refractivity (Wildman–Crippen MR) is 131 cm³/mol. The number of rotatable bonds is 4. The number of pyridine rings is 1. The second-order valence-electron chi connectivity index (χ2n) is 8.75. The molecule has 2 aromatic heterocycles. The minimum atomic E-state index is -0.226. The summed E-state index contributed by atoms with van der Waals surface area (Å²) in [5.74, 6) is 1.19. The van der Waals surface area contributed by atoms with Gasteiger partial charge in [0.1, 0.15) is 18.3 Å². The van der Waals surface area contributed by atoms with Gasteiger partial charge in [-0.15, -0.1) is 0 Å². The first-order valence-corrected chi connectivity index (χ1v) is 11.1. The van der Waals surface area contributed by atoms with Crippen molar-refractivity contribution in [2.75, 3.05) is 12.0 Å². The molecule has 2 aliphatic rings. The van der Waals surface area contributed by atoms with Crippen molar-refractivity contribution in [3.8, 4) is 22.4 Å². The van der Waals surface area contributed by atoms with Crippen molar-refractivity contribution in [1.82, 2.24) is 9.55 Å². The van der Waals surface area contributed by atoms with Crippen molar-refractivity contribution < 1.29 is 4.79 Å². The van der Waals surface area contributed by atoms with Crippen molar-refractivity contribution >= 4 is 28.5 Å². The number of aliphatic imine (C=N–C) groups is 1. The van der Waals surface area contributed by atoms with Crippen molar-refractivity contribution in [2.45, 2.75) is 18.9 Å². The summed E-state index contributed by atoms with van der Waals surface area (Å²) in [5, 5.41) is 4.45. The van der Waals surface area contributed by atoms with Gasteiger partial charge in [-0.25, -0.2) is 9.98 Å². The number of carbonyl (C=O) groups excluding carboxylic acids is 1. The molecule has 1 aliphatic heterocycles. The molecular formula is C26H24N6O. The molecule has 33 heavy (non-hydrogen) atoms. The minimum absolute atomic E-state index is 0.0626. The first kappa shape index (κ1) is 19.5. The molecule has 0 spiro atoms. The smallest absolute Gasteiger partial charge is 0.220 e. The number of anilines is 1. The van der Waals surface area contributed by atoms with Gasteiger partial charge in [-0.1, -0.05) is 48.5 Å². The predicted octanol–water partition coefficient (Wildman–Crippen LogP) is 3.90. The van der Waals surface area contributed by atoms with E-state index >= 15 is 0 Å². The highest BCUT2D eigenvalue weighted by molar-refractivity contribution is 6.09. The molecular weight excluding hydrogens is 412 g/mol. The van der Waals surface area contributed by atoms with Gasteiger partial charge >= 0.3 is 0 Å². The van der Waals surface area contributed by atoms with Gasteiger partial charge in [-0.05, 0) is 30.5 Å². The Morgan fingerprint density at radius 1 is 1.03 bits per heavy atom. The maximum absolute atomic E-state index is 11.5. The molecule has 2 aromatic carbocycles. The van der Waals surface area contributed by atoms with Crippen LogP contribution in [0.4, 0.5) is 5.82 Å². The second kappa shape index (κ2) is 7.48. The van der Waals surface area contributed by atoms with Crippen LogP contribution >= 0.6 is 0 Å². The zero-order valence-corrected chi connectivity index (χ0v) is 18.0. The maximum atomic E-state index is 11.5. The topological polar surface area (TPSA) is 111 Å². The summed E-state index contributed by atoms with van der Waals surface area (Å²) in [7, 11) is 0. The van der Waals surface area contributed by atoms with Gasteiger partial charge in [0.25, 0.3) is 0 Å². The molecule has 7 heteroatoms. The van der Waals surface area contributed by atoms with Crippen LogP contribution in [0.5, 0.6) is 0 Å². The summed E-state index contributed by atoms with van der Waals surface area (Å²) < 4.78 is 2.20. The Kier molecular flexibility index (Phi) is 4.43. The van der Waals surface area contributed by atoms with Gasteiger partial charge < -0.3 is 21.4 Å². The lowest BCUT2D eigenvalue weighted by molar-refractivity contribution is -0.125. The van der Waals surface area contributed by atoms with Crippen molar-refractivity contribution in [1.29, 1.82) is 0 Å².